The van der Waals surface area contributed by atoms with Crippen LogP contribution in [0.25, 0.3) is 0 Å². The number of ether oxygens (including phenoxy) is 1. The second kappa shape index (κ2) is 8.11. The van der Waals surface area contributed by atoms with Crippen LogP contribution in [-0.2, 0) is 16.0 Å². The summed E-state index contributed by atoms with van der Waals surface area (Å²) >= 11 is 0. The Balaban J connectivity index is 2.05. The van der Waals surface area contributed by atoms with Crippen LogP contribution in [0.1, 0.15) is 42.1 Å². The quantitative estimate of drug-likeness (QED) is 0.859. The minimum absolute atomic E-state index is 0.105. The molecule has 130 valence electrons. The number of nitrogens with one attached hydrogen (secondary N) is 1. The summed E-state index contributed by atoms with van der Waals surface area (Å²) in [5.41, 5.74) is 2.08. The lowest BCUT2D eigenvalue weighted by molar-refractivity contribution is -0.131. The maximum atomic E-state index is 12.5. The van der Waals surface area contributed by atoms with Gasteiger partial charge in [0.2, 0.25) is 5.91 Å². The highest BCUT2D eigenvalue weighted by molar-refractivity contribution is 5.76. The van der Waals surface area contributed by atoms with E-state index in [1.807, 2.05) is 24.8 Å². The van der Waals surface area contributed by atoms with E-state index in [1.54, 1.807) is 6.92 Å². The van der Waals surface area contributed by atoms with Crippen LogP contribution in [0.5, 0.6) is 0 Å². The van der Waals surface area contributed by atoms with E-state index in [0.29, 0.717) is 30.9 Å². The number of H-pyrrole nitrogens is 1. The van der Waals surface area contributed by atoms with Gasteiger partial charge < -0.3 is 14.6 Å². The summed E-state index contributed by atoms with van der Waals surface area (Å²) in [5, 5.41) is 9.12. The third-order valence-corrected chi connectivity index (χ3v) is 4.75. The highest BCUT2D eigenvalue weighted by Crippen LogP contribution is 2.17. The van der Waals surface area contributed by atoms with Crippen LogP contribution in [0.3, 0.4) is 0 Å². The molecule has 1 amide bonds. The van der Waals surface area contributed by atoms with Gasteiger partial charge in [0.25, 0.3) is 5.56 Å². The van der Waals surface area contributed by atoms with Crippen molar-refractivity contribution in [1.29, 1.82) is 5.26 Å². The summed E-state index contributed by atoms with van der Waals surface area (Å²) in [6.07, 6.45) is 1.91. The molecule has 0 aromatic carbocycles. The lowest BCUT2D eigenvalue weighted by Gasteiger charge is -2.24. The average molecular weight is 331 g/mol. The first-order valence-corrected chi connectivity index (χ1v) is 8.45. The van der Waals surface area contributed by atoms with Crippen LogP contribution in [0.15, 0.2) is 4.79 Å². The summed E-state index contributed by atoms with van der Waals surface area (Å²) < 4.78 is 5.38. The molecular formula is C18H25N3O3. The SMILES string of the molecule is CCN(C[C@H]1CCOC1)C(=O)CCc1c(C)[nH]c(=O)c(C#N)c1C. The van der Waals surface area contributed by atoms with Crippen molar-refractivity contribution >= 4 is 5.91 Å². The molecule has 1 N–H and O–H groups in total. The van der Waals surface area contributed by atoms with Crippen LogP contribution >= 0.6 is 0 Å². The van der Waals surface area contributed by atoms with Crippen molar-refractivity contribution in [2.75, 3.05) is 26.3 Å². The van der Waals surface area contributed by atoms with Crippen LogP contribution in [0, 0.1) is 31.1 Å². The standard InChI is InChI=1S/C18H25N3O3/c1-4-21(10-14-7-8-24-11-14)17(22)6-5-15-12(2)16(9-19)18(23)20-13(15)3/h14H,4-8,10-11H2,1-3H3,(H,20,23)/t14-/m1/s1. The molecule has 0 saturated carbocycles. The number of carbonyl (C=O) groups is 1. The zero-order valence-electron chi connectivity index (χ0n) is 14.6. The van der Waals surface area contributed by atoms with Crippen molar-refractivity contribution in [3.8, 4) is 6.07 Å². The molecule has 0 unspecified atom stereocenters. The number of hydrogen-bond donors (Lipinski definition) is 1. The molecule has 6 nitrogen and oxygen atoms in total. The second-order valence-electron chi connectivity index (χ2n) is 6.33. The van der Waals surface area contributed by atoms with Crippen molar-refractivity contribution in [3.05, 3.63) is 32.7 Å². The predicted octanol–water partition coefficient (Wildman–Crippen LogP) is 1.68. The minimum Gasteiger partial charge on any atom is -0.381 e. The van der Waals surface area contributed by atoms with E-state index in [4.69, 9.17) is 10.00 Å². The van der Waals surface area contributed by atoms with E-state index in [2.05, 4.69) is 4.98 Å². The van der Waals surface area contributed by atoms with Gasteiger partial charge >= 0.3 is 0 Å². The van der Waals surface area contributed by atoms with Gasteiger partial charge in [-0.25, -0.2) is 0 Å². The van der Waals surface area contributed by atoms with E-state index in [-0.39, 0.29) is 17.0 Å². The molecule has 0 aliphatic carbocycles. The number of nitriles is 1. The molecular weight excluding hydrogens is 306 g/mol. The molecule has 0 spiro atoms. The first kappa shape index (κ1) is 18.2. The Labute approximate surface area is 142 Å². The molecule has 6 heteroatoms. The van der Waals surface area contributed by atoms with E-state index in [1.165, 1.54) is 0 Å². The Hall–Kier alpha value is -2.13. The fourth-order valence-electron chi connectivity index (χ4n) is 3.26. The van der Waals surface area contributed by atoms with E-state index in [9.17, 15) is 9.59 Å². The molecule has 1 aromatic heterocycles. The molecule has 24 heavy (non-hydrogen) atoms. The largest absolute Gasteiger partial charge is 0.381 e. The Kier molecular flexibility index (Phi) is 6.16. The molecule has 2 heterocycles. The van der Waals surface area contributed by atoms with Crippen LogP contribution < -0.4 is 5.56 Å². The number of aromatic amines is 1. The molecule has 0 bridgehead atoms. The second-order valence-corrected chi connectivity index (χ2v) is 6.33. The summed E-state index contributed by atoms with van der Waals surface area (Å²) in [6.45, 7) is 8.50. The summed E-state index contributed by atoms with van der Waals surface area (Å²) in [4.78, 5) is 28.9. The lowest BCUT2D eigenvalue weighted by Crippen LogP contribution is -2.35. The maximum absolute atomic E-state index is 12.5. The molecule has 1 fully saturated rings. The zero-order chi connectivity index (χ0) is 17.7. The van der Waals surface area contributed by atoms with Crippen molar-refractivity contribution in [3.63, 3.8) is 0 Å². The van der Waals surface area contributed by atoms with E-state index >= 15 is 0 Å². The highest BCUT2D eigenvalue weighted by Gasteiger charge is 2.22. The fourth-order valence-corrected chi connectivity index (χ4v) is 3.26. The zero-order valence-corrected chi connectivity index (χ0v) is 14.6. The third kappa shape index (κ3) is 4.04. The number of rotatable bonds is 6. The third-order valence-electron chi connectivity index (χ3n) is 4.75. The number of pyridine rings is 1. The van der Waals surface area contributed by atoms with Crippen LogP contribution in [0.4, 0.5) is 0 Å². The molecule has 1 aromatic rings. The van der Waals surface area contributed by atoms with Gasteiger partial charge in [0, 0.05) is 37.7 Å². The Bertz CT molecular complexity index is 697. The maximum Gasteiger partial charge on any atom is 0.266 e. The van der Waals surface area contributed by atoms with Crippen LogP contribution in [0.2, 0.25) is 0 Å². The number of aryl methyl sites for hydroxylation is 1. The summed E-state index contributed by atoms with van der Waals surface area (Å²) in [6, 6.07) is 1.95. The molecule has 2 rings (SSSR count). The fraction of sp³-hybridized carbons (Fsp3) is 0.611. The Morgan fingerprint density at radius 2 is 2.21 bits per heavy atom. The Morgan fingerprint density at radius 1 is 1.46 bits per heavy atom. The van der Waals surface area contributed by atoms with Crippen molar-refractivity contribution < 1.29 is 9.53 Å². The smallest absolute Gasteiger partial charge is 0.266 e. The minimum atomic E-state index is -0.362. The monoisotopic (exact) mass is 331 g/mol. The van der Waals surface area contributed by atoms with Crippen LogP contribution in [-0.4, -0.2) is 42.1 Å². The van der Waals surface area contributed by atoms with Crippen molar-refractivity contribution in [2.45, 2.75) is 40.0 Å². The highest BCUT2D eigenvalue weighted by atomic mass is 16.5. The summed E-state index contributed by atoms with van der Waals surface area (Å²) in [5.74, 6) is 0.531. The van der Waals surface area contributed by atoms with Gasteiger partial charge in [-0.3, -0.25) is 9.59 Å². The van der Waals surface area contributed by atoms with Gasteiger partial charge in [-0.05, 0) is 44.7 Å². The number of nitrogens with zero attached hydrogens (tertiary/aromatic N) is 2. The number of aromatic nitrogens is 1. The van der Waals surface area contributed by atoms with Gasteiger partial charge in [-0.1, -0.05) is 0 Å². The summed E-state index contributed by atoms with van der Waals surface area (Å²) in [7, 11) is 0. The first-order chi connectivity index (χ1) is 11.5. The van der Waals surface area contributed by atoms with Gasteiger partial charge in [-0.15, -0.1) is 0 Å². The Morgan fingerprint density at radius 3 is 2.79 bits per heavy atom. The number of carbonyl (C=O) groups excluding carboxylic acids is 1. The van der Waals surface area contributed by atoms with Gasteiger partial charge in [0.15, 0.2) is 0 Å². The topological polar surface area (TPSA) is 86.2 Å². The lowest BCUT2D eigenvalue weighted by atomic mass is 9.98. The average Bonchev–Trinajstić information content (AvgIpc) is 3.05. The molecule has 1 saturated heterocycles. The van der Waals surface area contributed by atoms with Crippen molar-refractivity contribution in [1.82, 2.24) is 9.88 Å². The van der Waals surface area contributed by atoms with Gasteiger partial charge in [-0.2, -0.15) is 5.26 Å². The van der Waals surface area contributed by atoms with Crippen molar-refractivity contribution in [2.24, 2.45) is 5.92 Å². The van der Waals surface area contributed by atoms with Gasteiger partial charge in [0.05, 0.1) is 6.61 Å². The molecule has 1 aliphatic rings. The van der Waals surface area contributed by atoms with Gasteiger partial charge in [0.1, 0.15) is 11.6 Å². The molecule has 1 atom stereocenters. The molecule has 0 radical (unpaired) electrons. The number of amides is 1. The molecule has 1 aliphatic heterocycles. The van der Waals surface area contributed by atoms with E-state index in [0.717, 1.165) is 37.4 Å². The van der Waals surface area contributed by atoms with E-state index < -0.39 is 0 Å². The number of hydrogen-bond acceptors (Lipinski definition) is 4. The predicted molar refractivity (Wildman–Crippen MR) is 90.8 cm³/mol. The first-order valence-electron chi connectivity index (χ1n) is 8.45. The normalized spacial score (nSPS) is 16.8.